The fourth-order valence-corrected chi connectivity index (χ4v) is 3.22. The molecule has 1 heterocycles. The highest BCUT2D eigenvalue weighted by molar-refractivity contribution is 5.99. The van der Waals surface area contributed by atoms with Crippen LogP contribution < -0.4 is 5.32 Å². The Balaban J connectivity index is 1.86. The van der Waals surface area contributed by atoms with E-state index in [1.165, 1.54) is 0 Å². The van der Waals surface area contributed by atoms with E-state index in [9.17, 15) is 4.79 Å². The second-order valence-corrected chi connectivity index (χ2v) is 5.20. The fourth-order valence-electron chi connectivity index (χ4n) is 3.22. The van der Waals surface area contributed by atoms with Crippen molar-refractivity contribution in [1.29, 1.82) is 0 Å². The van der Waals surface area contributed by atoms with Gasteiger partial charge in [-0.05, 0) is 31.4 Å². The molecule has 1 N–H and O–H groups in total. The Kier molecular flexibility index (Phi) is 3.42. The molecule has 1 saturated heterocycles. The molecule has 1 aromatic carbocycles. The van der Waals surface area contributed by atoms with E-state index < -0.39 is 0 Å². The van der Waals surface area contributed by atoms with E-state index >= 15 is 0 Å². The van der Waals surface area contributed by atoms with Crippen LogP contribution in [-0.4, -0.2) is 43.2 Å². The number of nitrogens with zero attached hydrogens (tertiary/aromatic N) is 1. The van der Waals surface area contributed by atoms with Gasteiger partial charge in [0.1, 0.15) is 0 Å². The van der Waals surface area contributed by atoms with Crippen molar-refractivity contribution in [3.8, 4) is 0 Å². The van der Waals surface area contributed by atoms with Gasteiger partial charge in [-0.1, -0.05) is 12.1 Å². The monoisotopic (exact) mass is 260 g/mol. The largest absolute Gasteiger partial charge is 0.387 e. The van der Waals surface area contributed by atoms with Gasteiger partial charge in [0.15, 0.2) is 0 Å². The number of carbonyl (C=O) groups is 1. The maximum Gasteiger partial charge on any atom is 0.256 e. The van der Waals surface area contributed by atoms with E-state index in [0.717, 1.165) is 30.5 Å². The van der Waals surface area contributed by atoms with Gasteiger partial charge in [0.25, 0.3) is 5.91 Å². The highest BCUT2D eigenvalue weighted by Gasteiger charge is 2.38. The van der Waals surface area contributed by atoms with Crippen LogP contribution in [0.3, 0.4) is 0 Å². The maximum absolute atomic E-state index is 12.8. The Labute approximate surface area is 113 Å². The predicted molar refractivity (Wildman–Crippen MR) is 74.4 cm³/mol. The molecule has 0 aromatic heterocycles. The van der Waals surface area contributed by atoms with Crippen molar-refractivity contribution >= 4 is 11.6 Å². The Hall–Kier alpha value is -1.55. The van der Waals surface area contributed by atoms with Crippen LogP contribution in [0.25, 0.3) is 0 Å². The number of hydrogen-bond donors (Lipinski definition) is 1. The predicted octanol–water partition coefficient (Wildman–Crippen LogP) is 2.12. The minimum absolute atomic E-state index is 0.130. The van der Waals surface area contributed by atoms with Crippen LogP contribution in [0.1, 0.15) is 29.6 Å². The molecule has 1 aliphatic heterocycles. The molecular weight excluding hydrogens is 240 g/mol. The number of ether oxygens (including phenoxy) is 1. The molecule has 0 unspecified atom stereocenters. The second kappa shape index (κ2) is 5.21. The lowest BCUT2D eigenvalue weighted by molar-refractivity contribution is -0.0445. The number of hydrogen-bond acceptors (Lipinski definition) is 3. The fraction of sp³-hybridized carbons (Fsp3) is 0.533. The van der Waals surface area contributed by atoms with Crippen LogP contribution in [0.15, 0.2) is 24.3 Å². The van der Waals surface area contributed by atoms with Gasteiger partial charge in [0.2, 0.25) is 0 Å². The maximum atomic E-state index is 12.8. The van der Waals surface area contributed by atoms with Gasteiger partial charge in [0.05, 0.1) is 24.3 Å². The lowest BCUT2D eigenvalue weighted by atomic mass is 10.1. The number of para-hydroxylation sites is 1. The van der Waals surface area contributed by atoms with Crippen LogP contribution in [-0.2, 0) is 4.74 Å². The summed E-state index contributed by atoms with van der Waals surface area (Å²) in [6.07, 6.45) is 3.56. The van der Waals surface area contributed by atoms with E-state index in [4.69, 9.17) is 4.74 Å². The highest BCUT2D eigenvalue weighted by Crippen LogP contribution is 2.31. The van der Waals surface area contributed by atoms with Crippen molar-refractivity contribution in [3.63, 3.8) is 0 Å². The topological polar surface area (TPSA) is 41.6 Å². The van der Waals surface area contributed by atoms with Gasteiger partial charge in [-0.25, -0.2) is 0 Å². The van der Waals surface area contributed by atoms with Crippen LogP contribution in [0.5, 0.6) is 0 Å². The number of amides is 1. The first-order valence-electron chi connectivity index (χ1n) is 7.00. The standard InChI is InChI=1S/C15H20N2O2/c1-16-12-6-3-2-5-11(12)15(18)17-9-10-19-14-8-4-7-13(14)17/h2-3,5-6,13-14,16H,4,7-10H2,1H3/t13-,14+/m1/s1. The van der Waals surface area contributed by atoms with E-state index in [1.54, 1.807) is 0 Å². The molecule has 4 heteroatoms. The number of carbonyl (C=O) groups excluding carboxylic acids is 1. The summed E-state index contributed by atoms with van der Waals surface area (Å²) in [6, 6.07) is 7.97. The van der Waals surface area contributed by atoms with E-state index in [1.807, 2.05) is 36.2 Å². The third-order valence-corrected chi connectivity index (χ3v) is 4.17. The van der Waals surface area contributed by atoms with Crippen LogP contribution in [0, 0.1) is 0 Å². The molecule has 19 heavy (non-hydrogen) atoms. The molecule has 0 spiro atoms. The molecule has 4 nitrogen and oxygen atoms in total. The van der Waals surface area contributed by atoms with Crippen LogP contribution in [0.2, 0.25) is 0 Å². The van der Waals surface area contributed by atoms with Gasteiger partial charge >= 0.3 is 0 Å². The summed E-state index contributed by atoms with van der Waals surface area (Å²) >= 11 is 0. The normalized spacial score (nSPS) is 26.1. The molecule has 0 radical (unpaired) electrons. The average molecular weight is 260 g/mol. The van der Waals surface area contributed by atoms with Crippen LogP contribution in [0.4, 0.5) is 5.69 Å². The number of nitrogens with one attached hydrogen (secondary N) is 1. The van der Waals surface area contributed by atoms with Gasteiger partial charge in [-0.2, -0.15) is 0 Å². The lowest BCUT2D eigenvalue weighted by Gasteiger charge is -2.38. The third kappa shape index (κ3) is 2.21. The van der Waals surface area contributed by atoms with Crippen molar-refractivity contribution in [2.45, 2.75) is 31.4 Å². The average Bonchev–Trinajstić information content (AvgIpc) is 2.94. The zero-order valence-corrected chi connectivity index (χ0v) is 11.3. The number of rotatable bonds is 2. The van der Waals surface area contributed by atoms with Crippen molar-refractivity contribution in [3.05, 3.63) is 29.8 Å². The summed E-state index contributed by atoms with van der Waals surface area (Å²) in [5.74, 6) is 0.130. The molecule has 102 valence electrons. The summed E-state index contributed by atoms with van der Waals surface area (Å²) in [5, 5.41) is 3.10. The summed E-state index contributed by atoms with van der Waals surface area (Å²) in [4.78, 5) is 14.8. The van der Waals surface area contributed by atoms with Crippen molar-refractivity contribution in [2.75, 3.05) is 25.5 Å². The summed E-state index contributed by atoms with van der Waals surface area (Å²) < 4.78 is 5.77. The van der Waals surface area contributed by atoms with Gasteiger partial charge in [-0.15, -0.1) is 0 Å². The van der Waals surface area contributed by atoms with E-state index in [-0.39, 0.29) is 18.1 Å². The lowest BCUT2D eigenvalue weighted by Crippen LogP contribution is -2.51. The summed E-state index contributed by atoms with van der Waals surface area (Å²) in [7, 11) is 1.85. The van der Waals surface area contributed by atoms with Gasteiger partial charge in [-0.3, -0.25) is 4.79 Å². The smallest absolute Gasteiger partial charge is 0.256 e. The molecule has 2 atom stereocenters. The SMILES string of the molecule is CNc1ccccc1C(=O)N1CCO[C@H]2CCC[C@H]21. The Bertz CT molecular complexity index is 475. The minimum Gasteiger partial charge on any atom is -0.387 e. The quantitative estimate of drug-likeness (QED) is 0.885. The second-order valence-electron chi connectivity index (χ2n) is 5.20. The van der Waals surface area contributed by atoms with Crippen molar-refractivity contribution in [2.24, 2.45) is 0 Å². The van der Waals surface area contributed by atoms with Crippen molar-refractivity contribution in [1.82, 2.24) is 4.90 Å². The Morgan fingerprint density at radius 1 is 1.37 bits per heavy atom. The molecular formula is C15H20N2O2. The first-order valence-corrected chi connectivity index (χ1v) is 7.00. The minimum atomic E-state index is 0.130. The Morgan fingerprint density at radius 2 is 2.21 bits per heavy atom. The van der Waals surface area contributed by atoms with Gasteiger partial charge < -0.3 is 15.0 Å². The molecule has 1 saturated carbocycles. The number of benzene rings is 1. The summed E-state index contributed by atoms with van der Waals surface area (Å²) in [5.41, 5.74) is 1.66. The molecule has 2 fully saturated rings. The first-order chi connectivity index (χ1) is 9.31. The molecule has 1 amide bonds. The number of anilines is 1. The van der Waals surface area contributed by atoms with E-state index in [0.29, 0.717) is 13.2 Å². The number of fused-ring (bicyclic) bond motifs is 1. The van der Waals surface area contributed by atoms with Gasteiger partial charge in [0, 0.05) is 19.3 Å². The Morgan fingerprint density at radius 3 is 3.05 bits per heavy atom. The third-order valence-electron chi connectivity index (χ3n) is 4.17. The molecule has 2 aliphatic rings. The molecule has 3 rings (SSSR count). The number of morpholine rings is 1. The highest BCUT2D eigenvalue weighted by atomic mass is 16.5. The molecule has 1 aromatic rings. The zero-order chi connectivity index (χ0) is 13.2. The molecule has 1 aliphatic carbocycles. The first kappa shape index (κ1) is 12.5. The van der Waals surface area contributed by atoms with Crippen LogP contribution >= 0.6 is 0 Å². The zero-order valence-electron chi connectivity index (χ0n) is 11.3. The summed E-state index contributed by atoms with van der Waals surface area (Å²) in [6.45, 7) is 1.37. The van der Waals surface area contributed by atoms with Crippen molar-refractivity contribution < 1.29 is 9.53 Å². The molecule has 0 bridgehead atoms. The van der Waals surface area contributed by atoms with E-state index in [2.05, 4.69) is 5.32 Å².